The van der Waals surface area contributed by atoms with E-state index < -0.39 is 0 Å². The van der Waals surface area contributed by atoms with Gasteiger partial charge < -0.3 is 23.7 Å². The Hall–Kier alpha value is -2.06. The molecule has 1 aromatic heterocycles. The van der Waals surface area contributed by atoms with Gasteiger partial charge in [-0.15, -0.1) is 0 Å². The van der Waals surface area contributed by atoms with Gasteiger partial charge in [-0.3, -0.25) is 0 Å². The molecule has 2 aliphatic rings. The molecule has 0 bridgehead atoms. The van der Waals surface area contributed by atoms with E-state index in [1.165, 1.54) is 6.42 Å². The molecule has 0 spiro atoms. The number of ether oxygens (including phenoxy) is 2. The molecule has 3 heterocycles. The lowest BCUT2D eigenvalue weighted by molar-refractivity contribution is 0.00578. The van der Waals surface area contributed by atoms with Crippen LogP contribution in [0.3, 0.4) is 0 Å². The van der Waals surface area contributed by atoms with E-state index in [9.17, 15) is 0 Å². The van der Waals surface area contributed by atoms with Crippen molar-refractivity contribution in [2.75, 3.05) is 32.2 Å². The molecule has 0 atom stereocenters. The molecule has 2 aromatic rings. The Balaban J connectivity index is 1.33. The van der Waals surface area contributed by atoms with Gasteiger partial charge in [0.2, 0.25) is 0 Å². The minimum absolute atomic E-state index is 0.0977. The molecule has 8 heteroatoms. The SMILES string of the molecule is COc1cc2ncnc(N3CC(CCCB4OC(C)(C)C(C)(C)O4)C3)c2cc1OC. The van der Waals surface area contributed by atoms with Crippen molar-refractivity contribution in [1.29, 1.82) is 0 Å². The number of aromatic nitrogens is 2. The van der Waals surface area contributed by atoms with Crippen molar-refractivity contribution in [2.24, 2.45) is 5.92 Å². The predicted octanol–water partition coefficient (Wildman–Crippen LogP) is 3.96. The monoisotopic (exact) mass is 413 g/mol. The highest BCUT2D eigenvalue weighted by molar-refractivity contribution is 6.45. The molecule has 2 aliphatic heterocycles. The van der Waals surface area contributed by atoms with Crippen LogP contribution in [0.1, 0.15) is 40.5 Å². The molecule has 0 unspecified atom stereocenters. The van der Waals surface area contributed by atoms with Crippen molar-refractivity contribution in [2.45, 2.75) is 58.1 Å². The van der Waals surface area contributed by atoms with Crippen molar-refractivity contribution in [3.05, 3.63) is 18.5 Å². The molecule has 0 saturated carbocycles. The van der Waals surface area contributed by atoms with E-state index in [2.05, 4.69) is 42.6 Å². The van der Waals surface area contributed by atoms with Crippen LogP contribution in [0.15, 0.2) is 18.5 Å². The van der Waals surface area contributed by atoms with Crippen LogP contribution < -0.4 is 14.4 Å². The largest absolute Gasteiger partial charge is 0.493 e. The van der Waals surface area contributed by atoms with E-state index in [4.69, 9.17) is 18.8 Å². The number of nitrogens with zero attached hydrogens (tertiary/aromatic N) is 3. The maximum atomic E-state index is 6.11. The van der Waals surface area contributed by atoms with Gasteiger partial charge in [-0.1, -0.05) is 6.42 Å². The summed E-state index contributed by atoms with van der Waals surface area (Å²) in [5, 5.41) is 0.991. The van der Waals surface area contributed by atoms with Gasteiger partial charge in [0.1, 0.15) is 12.1 Å². The molecule has 0 N–H and O–H groups in total. The lowest BCUT2D eigenvalue weighted by Crippen LogP contribution is -2.47. The molecule has 7 nitrogen and oxygen atoms in total. The molecule has 0 amide bonds. The average molecular weight is 413 g/mol. The van der Waals surface area contributed by atoms with Crippen molar-refractivity contribution in [3.63, 3.8) is 0 Å². The lowest BCUT2D eigenvalue weighted by atomic mass is 9.80. The Morgan fingerprint density at radius 2 is 1.67 bits per heavy atom. The van der Waals surface area contributed by atoms with Crippen molar-refractivity contribution >= 4 is 23.8 Å². The zero-order valence-electron chi connectivity index (χ0n) is 18.9. The molecule has 30 heavy (non-hydrogen) atoms. The van der Waals surface area contributed by atoms with Gasteiger partial charge >= 0.3 is 7.12 Å². The third-order valence-electron chi connectivity index (χ3n) is 6.73. The van der Waals surface area contributed by atoms with Crippen LogP contribution >= 0.6 is 0 Å². The zero-order valence-corrected chi connectivity index (χ0v) is 18.9. The number of hydrogen-bond donors (Lipinski definition) is 0. The number of rotatable bonds is 7. The van der Waals surface area contributed by atoms with Gasteiger partial charge in [0.05, 0.1) is 30.9 Å². The minimum atomic E-state index is -0.247. The number of methoxy groups -OCH3 is 2. The van der Waals surface area contributed by atoms with E-state index in [1.807, 2.05) is 12.1 Å². The molecule has 2 fully saturated rings. The summed E-state index contributed by atoms with van der Waals surface area (Å²) in [5.41, 5.74) is 0.368. The second-order valence-electron chi connectivity index (χ2n) is 9.31. The lowest BCUT2D eigenvalue weighted by Gasteiger charge is -2.40. The number of fused-ring (bicyclic) bond motifs is 1. The first-order chi connectivity index (χ1) is 14.2. The Morgan fingerprint density at radius 3 is 2.30 bits per heavy atom. The van der Waals surface area contributed by atoms with Gasteiger partial charge in [0.15, 0.2) is 11.5 Å². The average Bonchev–Trinajstić information content (AvgIpc) is 2.88. The first-order valence-electron chi connectivity index (χ1n) is 10.7. The van der Waals surface area contributed by atoms with Crippen molar-refractivity contribution < 1.29 is 18.8 Å². The summed E-state index contributed by atoms with van der Waals surface area (Å²) in [7, 11) is 3.18. The second kappa shape index (κ2) is 7.89. The quantitative estimate of drug-likeness (QED) is 0.637. The fourth-order valence-electron chi connectivity index (χ4n) is 4.20. The fourth-order valence-corrected chi connectivity index (χ4v) is 4.20. The van der Waals surface area contributed by atoms with E-state index in [0.717, 1.165) is 42.6 Å². The molecule has 2 saturated heterocycles. The van der Waals surface area contributed by atoms with Gasteiger partial charge in [-0.2, -0.15) is 0 Å². The molecular weight excluding hydrogens is 381 g/mol. The van der Waals surface area contributed by atoms with Gasteiger partial charge in [-0.25, -0.2) is 9.97 Å². The van der Waals surface area contributed by atoms with E-state index in [-0.39, 0.29) is 18.3 Å². The molecule has 1 aromatic carbocycles. The zero-order chi connectivity index (χ0) is 21.5. The first-order valence-corrected chi connectivity index (χ1v) is 10.7. The van der Waals surface area contributed by atoms with Crippen LogP contribution in [0.4, 0.5) is 5.82 Å². The maximum Gasteiger partial charge on any atom is 0.457 e. The summed E-state index contributed by atoms with van der Waals surface area (Å²) in [4.78, 5) is 11.3. The molecule has 0 aliphatic carbocycles. The highest BCUT2D eigenvalue weighted by atomic mass is 16.7. The Morgan fingerprint density at radius 1 is 1.03 bits per heavy atom. The van der Waals surface area contributed by atoms with Crippen LogP contribution in [-0.2, 0) is 9.31 Å². The summed E-state index contributed by atoms with van der Waals surface area (Å²) in [6, 6.07) is 3.87. The fraction of sp³-hybridized carbons (Fsp3) is 0.636. The maximum absolute atomic E-state index is 6.11. The smallest absolute Gasteiger partial charge is 0.457 e. The third kappa shape index (κ3) is 3.83. The van der Waals surface area contributed by atoms with Crippen LogP contribution in [-0.4, -0.2) is 55.6 Å². The Labute approximate surface area is 179 Å². The van der Waals surface area contributed by atoms with E-state index in [0.29, 0.717) is 17.4 Å². The van der Waals surface area contributed by atoms with Crippen LogP contribution in [0.5, 0.6) is 11.5 Å². The normalized spacial score (nSPS) is 20.5. The standard InChI is InChI=1S/C22H32BN3O4/c1-21(2)22(3,4)30-23(29-21)9-7-8-15-12-26(13-15)20-16-10-18(27-5)19(28-6)11-17(16)24-14-25-20/h10-11,14-15H,7-9,12-13H2,1-6H3. The summed E-state index contributed by atoms with van der Waals surface area (Å²) in [6.07, 6.45) is 4.83. The molecular formula is C22H32BN3O4. The van der Waals surface area contributed by atoms with Crippen molar-refractivity contribution in [3.8, 4) is 11.5 Å². The van der Waals surface area contributed by atoms with Gasteiger partial charge in [-0.05, 0) is 52.4 Å². The summed E-state index contributed by atoms with van der Waals surface area (Å²) >= 11 is 0. The number of anilines is 1. The minimum Gasteiger partial charge on any atom is -0.493 e. The number of hydrogen-bond acceptors (Lipinski definition) is 7. The highest BCUT2D eigenvalue weighted by Gasteiger charge is 2.50. The highest BCUT2D eigenvalue weighted by Crippen LogP contribution is 2.39. The van der Waals surface area contributed by atoms with Crippen LogP contribution in [0.2, 0.25) is 6.32 Å². The van der Waals surface area contributed by atoms with Crippen LogP contribution in [0, 0.1) is 5.92 Å². The summed E-state index contributed by atoms with van der Waals surface area (Å²) in [6.45, 7) is 10.4. The first kappa shape index (κ1) is 21.2. The number of benzene rings is 1. The third-order valence-corrected chi connectivity index (χ3v) is 6.73. The van der Waals surface area contributed by atoms with Gasteiger partial charge in [0, 0.05) is 24.5 Å². The Kier molecular flexibility index (Phi) is 5.57. The molecule has 162 valence electrons. The molecule has 4 rings (SSSR count). The summed E-state index contributed by atoms with van der Waals surface area (Å²) in [5.74, 6) is 3.00. The predicted molar refractivity (Wildman–Crippen MR) is 118 cm³/mol. The molecule has 0 radical (unpaired) electrons. The Bertz CT molecular complexity index is 899. The van der Waals surface area contributed by atoms with E-state index >= 15 is 0 Å². The van der Waals surface area contributed by atoms with Crippen molar-refractivity contribution in [1.82, 2.24) is 9.97 Å². The van der Waals surface area contributed by atoms with Crippen LogP contribution in [0.25, 0.3) is 10.9 Å². The topological polar surface area (TPSA) is 65.9 Å². The van der Waals surface area contributed by atoms with E-state index in [1.54, 1.807) is 20.5 Å². The second-order valence-corrected chi connectivity index (χ2v) is 9.31. The van der Waals surface area contributed by atoms with Gasteiger partial charge in [0.25, 0.3) is 0 Å². The summed E-state index contributed by atoms with van der Waals surface area (Å²) < 4.78 is 23.1.